The molecule has 2 N–H and O–H groups in total. The van der Waals surface area contributed by atoms with Crippen LogP contribution >= 0.6 is 0 Å². The first kappa shape index (κ1) is 13.7. The highest BCUT2D eigenvalue weighted by molar-refractivity contribution is 5.36. The lowest BCUT2D eigenvalue weighted by Crippen LogP contribution is -2.24. The number of H-pyrrole nitrogens is 2. The highest BCUT2D eigenvalue weighted by Gasteiger charge is 2.15. The molecule has 7 heteroatoms. The van der Waals surface area contributed by atoms with Crippen molar-refractivity contribution in [2.75, 3.05) is 13.2 Å². The van der Waals surface area contributed by atoms with Gasteiger partial charge in [0, 0.05) is 13.0 Å². The number of rotatable bonds is 5. The fourth-order valence-electron chi connectivity index (χ4n) is 2.42. The van der Waals surface area contributed by atoms with Crippen LogP contribution in [0.2, 0.25) is 0 Å². The number of aromatic amines is 2. The van der Waals surface area contributed by atoms with Gasteiger partial charge in [-0.1, -0.05) is 0 Å². The second kappa shape index (κ2) is 6.01. The van der Waals surface area contributed by atoms with Gasteiger partial charge in [-0.2, -0.15) is 0 Å². The van der Waals surface area contributed by atoms with Crippen LogP contribution in [0.25, 0.3) is 5.69 Å². The first-order chi connectivity index (χ1) is 10.2. The predicted molar refractivity (Wildman–Crippen MR) is 76.1 cm³/mol. The van der Waals surface area contributed by atoms with E-state index in [9.17, 15) is 9.59 Å². The van der Waals surface area contributed by atoms with Crippen molar-refractivity contribution in [3.05, 3.63) is 45.2 Å². The topological polar surface area (TPSA) is 89.1 Å². The Kier molecular flexibility index (Phi) is 3.92. The molecule has 21 heavy (non-hydrogen) atoms. The number of nitrogens with one attached hydrogen (secondary N) is 2. The summed E-state index contributed by atoms with van der Waals surface area (Å²) in [4.78, 5) is 23.0. The number of hydrogen-bond donors (Lipinski definition) is 2. The molecule has 0 radical (unpaired) electrons. The van der Waals surface area contributed by atoms with Crippen molar-refractivity contribution < 1.29 is 9.47 Å². The molecule has 0 aliphatic carbocycles. The molecule has 1 aromatic heterocycles. The van der Waals surface area contributed by atoms with Crippen LogP contribution in [0.4, 0.5) is 0 Å². The summed E-state index contributed by atoms with van der Waals surface area (Å²) in [6.07, 6.45) is 3.40. The van der Waals surface area contributed by atoms with E-state index in [0.717, 1.165) is 30.4 Å². The third-order valence-corrected chi connectivity index (χ3v) is 3.51. The molecule has 0 amide bonds. The maximum Gasteiger partial charge on any atom is 0.348 e. The van der Waals surface area contributed by atoms with E-state index in [4.69, 9.17) is 9.47 Å². The summed E-state index contributed by atoms with van der Waals surface area (Å²) in [5.41, 5.74) is -0.493. The van der Waals surface area contributed by atoms with Gasteiger partial charge in [-0.15, -0.1) is 0 Å². The van der Waals surface area contributed by atoms with Gasteiger partial charge >= 0.3 is 11.4 Å². The molecule has 0 spiro atoms. The van der Waals surface area contributed by atoms with Crippen LogP contribution in [0.3, 0.4) is 0 Å². The van der Waals surface area contributed by atoms with Crippen molar-refractivity contribution in [1.82, 2.24) is 14.8 Å². The van der Waals surface area contributed by atoms with Gasteiger partial charge in [-0.05, 0) is 37.1 Å². The van der Waals surface area contributed by atoms with Crippen LogP contribution in [-0.4, -0.2) is 34.1 Å². The van der Waals surface area contributed by atoms with E-state index in [0.29, 0.717) is 24.1 Å². The molecule has 1 aromatic carbocycles. The molecule has 0 saturated carbocycles. The number of aromatic nitrogens is 3. The molecule has 3 rings (SSSR count). The number of benzene rings is 1. The second-order valence-corrected chi connectivity index (χ2v) is 4.96. The van der Waals surface area contributed by atoms with E-state index in [1.54, 1.807) is 24.3 Å². The Morgan fingerprint density at radius 1 is 1.19 bits per heavy atom. The van der Waals surface area contributed by atoms with E-state index in [1.807, 2.05) is 0 Å². The van der Waals surface area contributed by atoms with Gasteiger partial charge in [0.1, 0.15) is 5.75 Å². The summed E-state index contributed by atoms with van der Waals surface area (Å²) in [6, 6.07) is 6.82. The monoisotopic (exact) mass is 291 g/mol. The summed E-state index contributed by atoms with van der Waals surface area (Å²) in [7, 11) is 0. The Balaban J connectivity index is 1.61. The lowest BCUT2D eigenvalue weighted by Gasteiger charge is -2.10. The summed E-state index contributed by atoms with van der Waals surface area (Å²) < 4.78 is 12.2. The molecule has 1 aliphatic heterocycles. The van der Waals surface area contributed by atoms with Gasteiger partial charge in [-0.3, -0.25) is 0 Å². The van der Waals surface area contributed by atoms with E-state index in [2.05, 4.69) is 10.2 Å². The molecule has 2 aromatic rings. The van der Waals surface area contributed by atoms with Crippen molar-refractivity contribution in [2.45, 2.75) is 25.4 Å². The molecule has 1 saturated heterocycles. The van der Waals surface area contributed by atoms with E-state index in [-0.39, 0.29) is 0 Å². The average molecular weight is 291 g/mol. The van der Waals surface area contributed by atoms with Crippen LogP contribution in [0.1, 0.15) is 19.3 Å². The van der Waals surface area contributed by atoms with Crippen molar-refractivity contribution in [3.63, 3.8) is 0 Å². The maximum atomic E-state index is 11.5. The zero-order valence-electron chi connectivity index (χ0n) is 11.5. The standard InChI is InChI=1S/C14H17N3O4/c18-13-15-16-14(19)17(13)10-3-5-12(6-4-10)21-9-7-11-2-1-8-20-11/h3-6,11H,1-2,7-9H2,(H,15,18)(H,16,19)/t11-/m0/s1. The smallest absolute Gasteiger partial charge is 0.348 e. The second-order valence-electron chi connectivity index (χ2n) is 4.96. The Labute approximate surface area is 120 Å². The van der Waals surface area contributed by atoms with Crippen molar-refractivity contribution >= 4 is 0 Å². The third-order valence-electron chi connectivity index (χ3n) is 3.51. The molecule has 7 nitrogen and oxygen atoms in total. The maximum absolute atomic E-state index is 11.5. The minimum atomic E-state index is -0.493. The fourth-order valence-corrected chi connectivity index (χ4v) is 2.42. The minimum Gasteiger partial charge on any atom is -0.493 e. The average Bonchev–Trinajstić information content (AvgIpc) is 3.11. The molecule has 1 atom stereocenters. The Morgan fingerprint density at radius 3 is 2.52 bits per heavy atom. The van der Waals surface area contributed by atoms with E-state index >= 15 is 0 Å². The highest BCUT2D eigenvalue weighted by atomic mass is 16.5. The van der Waals surface area contributed by atoms with Crippen LogP contribution in [-0.2, 0) is 4.74 Å². The largest absolute Gasteiger partial charge is 0.493 e. The summed E-state index contributed by atoms with van der Waals surface area (Å²) in [5.74, 6) is 0.705. The van der Waals surface area contributed by atoms with Crippen LogP contribution < -0.4 is 16.1 Å². The number of ether oxygens (including phenoxy) is 2. The van der Waals surface area contributed by atoms with Gasteiger partial charge in [0.05, 0.1) is 18.4 Å². The zero-order valence-corrected chi connectivity index (χ0v) is 11.5. The lowest BCUT2D eigenvalue weighted by atomic mass is 10.2. The molecule has 0 unspecified atom stereocenters. The molecule has 1 aliphatic rings. The van der Waals surface area contributed by atoms with Gasteiger partial charge < -0.3 is 9.47 Å². The molecule has 112 valence electrons. The molecular formula is C14H17N3O4. The van der Waals surface area contributed by atoms with Gasteiger partial charge in [0.15, 0.2) is 0 Å². The molecule has 2 heterocycles. The zero-order chi connectivity index (χ0) is 14.7. The number of nitrogens with zero attached hydrogens (tertiary/aromatic N) is 1. The van der Waals surface area contributed by atoms with Crippen LogP contribution in [0, 0.1) is 0 Å². The normalized spacial score (nSPS) is 18.0. The van der Waals surface area contributed by atoms with E-state index in [1.165, 1.54) is 0 Å². The Bertz CT molecular complexity index is 664. The highest BCUT2D eigenvalue weighted by Crippen LogP contribution is 2.17. The quantitative estimate of drug-likeness (QED) is 0.853. The summed E-state index contributed by atoms with van der Waals surface area (Å²) in [6.45, 7) is 1.44. The third kappa shape index (κ3) is 3.08. The Morgan fingerprint density at radius 2 is 1.90 bits per heavy atom. The predicted octanol–water partition coefficient (Wildman–Crippen LogP) is 0.802. The lowest BCUT2D eigenvalue weighted by molar-refractivity contribution is 0.0903. The first-order valence-electron chi connectivity index (χ1n) is 6.98. The minimum absolute atomic E-state index is 0.307. The molecule has 0 bridgehead atoms. The molecular weight excluding hydrogens is 274 g/mol. The SMILES string of the molecule is O=c1[nH][nH]c(=O)n1-c1ccc(OCC[C@@H]2CCCO2)cc1. The van der Waals surface area contributed by atoms with Crippen molar-refractivity contribution in [1.29, 1.82) is 0 Å². The van der Waals surface area contributed by atoms with Gasteiger partial charge in [0.25, 0.3) is 0 Å². The molecule has 1 fully saturated rings. The van der Waals surface area contributed by atoms with Crippen LogP contribution in [0.15, 0.2) is 33.9 Å². The van der Waals surface area contributed by atoms with Gasteiger partial charge in [-0.25, -0.2) is 24.4 Å². The van der Waals surface area contributed by atoms with Crippen molar-refractivity contribution in [2.24, 2.45) is 0 Å². The van der Waals surface area contributed by atoms with Gasteiger partial charge in [0.2, 0.25) is 0 Å². The summed E-state index contributed by atoms with van der Waals surface area (Å²) >= 11 is 0. The first-order valence-corrected chi connectivity index (χ1v) is 6.98. The number of hydrogen-bond acceptors (Lipinski definition) is 4. The van der Waals surface area contributed by atoms with Crippen LogP contribution in [0.5, 0.6) is 5.75 Å². The fraction of sp³-hybridized carbons (Fsp3) is 0.429. The summed E-state index contributed by atoms with van der Waals surface area (Å²) in [5, 5.41) is 4.48. The van der Waals surface area contributed by atoms with E-state index < -0.39 is 11.4 Å². The van der Waals surface area contributed by atoms with Crippen molar-refractivity contribution in [3.8, 4) is 11.4 Å². The Hall–Kier alpha value is -2.28.